The first-order chi connectivity index (χ1) is 11.1. The molecule has 1 N–H and O–H groups in total. The zero-order valence-electron chi connectivity index (χ0n) is 12.9. The topological polar surface area (TPSA) is 69.0 Å². The van der Waals surface area contributed by atoms with E-state index in [1.165, 1.54) is 4.68 Å². The molecule has 6 heteroatoms. The maximum atomic E-state index is 12.6. The number of ether oxygens (including phenoxy) is 1. The fraction of sp³-hybridized carbons (Fsp3) is 0.176. The lowest BCUT2D eigenvalue weighted by molar-refractivity contribution is 0.340. The monoisotopic (exact) mass is 311 g/mol. The van der Waals surface area contributed by atoms with E-state index in [1.54, 1.807) is 30.3 Å². The van der Waals surface area contributed by atoms with E-state index in [9.17, 15) is 9.59 Å². The minimum Gasteiger partial charge on any atom is -0.494 e. The molecule has 3 rings (SSSR count). The summed E-state index contributed by atoms with van der Waals surface area (Å²) >= 11 is 0. The van der Waals surface area contributed by atoms with Crippen molar-refractivity contribution >= 4 is 0 Å². The molecule has 1 aromatic heterocycles. The van der Waals surface area contributed by atoms with E-state index in [0.29, 0.717) is 23.7 Å². The third-order valence-electron chi connectivity index (χ3n) is 3.46. The molecule has 0 spiro atoms. The number of hydrogen-bond acceptors (Lipinski definition) is 3. The Morgan fingerprint density at radius 1 is 1.04 bits per heavy atom. The number of aromatic nitrogens is 3. The van der Waals surface area contributed by atoms with E-state index in [0.717, 1.165) is 10.1 Å². The Balaban J connectivity index is 2.08. The molecule has 3 aromatic rings. The second kappa shape index (κ2) is 6.00. The molecule has 0 fully saturated rings. The summed E-state index contributed by atoms with van der Waals surface area (Å²) in [6, 6.07) is 14.2. The maximum absolute atomic E-state index is 12.6. The minimum absolute atomic E-state index is 0.440. The van der Waals surface area contributed by atoms with Crippen molar-refractivity contribution in [3.05, 3.63) is 75.1 Å². The van der Waals surface area contributed by atoms with Crippen LogP contribution in [0.1, 0.15) is 12.5 Å². The summed E-state index contributed by atoms with van der Waals surface area (Å²) in [6.07, 6.45) is 0. The van der Waals surface area contributed by atoms with Crippen molar-refractivity contribution < 1.29 is 4.74 Å². The summed E-state index contributed by atoms with van der Waals surface area (Å²) in [5.74, 6) is 0.693. The average molecular weight is 311 g/mol. The highest BCUT2D eigenvalue weighted by atomic mass is 16.5. The van der Waals surface area contributed by atoms with Gasteiger partial charge >= 0.3 is 11.4 Å². The molecule has 0 bridgehead atoms. The highest BCUT2D eigenvalue weighted by molar-refractivity contribution is 5.38. The first-order valence-electron chi connectivity index (χ1n) is 7.34. The molecular weight excluding hydrogens is 294 g/mol. The van der Waals surface area contributed by atoms with Gasteiger partial charge < -0.3 is 4.74 Å². The number of benzene rings is 2. The van der Waals surface area contributed by atoms with E-state index in [2.05, 4.69) is 5.10 Å². The third-order valence-corrected chi connectivity index (χ3v) is 3.46. The Bertz CT molecular complexity index is 933. The summed E-state index contributed by atoms with van der Waals surface area (Å²) in [4.78, 5) is 24.8. The highest BCUT2D eigenvalue weighted by Crippen LogP contribution is 2.13. The normalized spacial score (nSPS) is 10.7. The van der Waals surface area contributed by atoms with Gasteiger partial charge in [0.1, 0.15) is 5.75 Å². The van der Waals surface area contributed by atoms with Crippen LogP contribution in [-0.2, 0) is 0 Å². The lowest BCUT2D eigenvalue weighted by Crippen LogP contribution is -2.26. The smallest absolute Gasteiger partial charge is 0.356 e. The van der Waals surface area contributed by atoms with Gasteiger partial charge in [-0.1, -0.05) is 12.1 Å². The summed E-state index contributed by atoms with van der Waals surface area (Å²) in [5, 5.41) is 2.58. The summed E-state index contributed by atoms with van der Waals surface area (Å²) in [5.41, 5.74) is 1.19. The van der Waals surface area contributed by atoms with Crippen LogP contribution >= 0.6 is 0 Å². The number of nitrogens with one attached hydrogen (secondary N) is 1. The van der Waals surface area contributed by atoms with Crippen molar-refractivity contribution in [2.75, 3.05) is 6.61 Å². The van der Waals surface area contributed by atoms with Gasteiger partial charge in [-0.2, -0.15) is 0 Å². The molecule has 0 aliphatic carbocycles. The van der Waals surface area contributed by atoms with Crippen molar-refractivity contribution in [2.45, 2.75) is 13.8 Å². The highest BCUT2D eigenvalue weighted by Gasteiger charge is 2.12. The summed E-state index contributed by atoms with van der Waals surface area (Å²) < 4.78 is 7.70. The van der Waals surface area contributed by atoms with Crippen LogP contribution < -0.4 is 16.1 Å². The Kier molecular flexibility index (Phi) is 3.89. The predicted molar refractivity (Wildman–Crippen MR) is 87.9 cm³/mol. The Hall–Kier alpha value is -3.02. The van der Waals surface area contributed by atoms with Crippen LogP contribution in [0.5, 0.6) is 5.75 Å². The number of aryl methyl sites for hydroxylation is 1. The summed E-state index contributed by atoms with van der Waals surface area (Å²) in [7, 11) is 0. The van der Waals surface area contributed by atoms with Crippen LogP contribution in [0, 0.1) is 6.92 Å². The van der Waals surface area contributed by atoms with E-state index < -0.39 is 11.4 Å². The summed E-state index contributed by atoms with van der Waals surface area (Å²) in [6.45, 7) is 4.38. The fourth-order valence-corrected chi connectivity index (χ4v) is 2.41. The van der Waals surface area contributed by atoms with Crippen molar-refractivity contribution in [1.82, 2.24) is 14.3 Å². The van der Waals surface area contributed by atoms with E-state index in [4.69, 9.17) is 4.74 Å². The van der Waals surface area contributed by atoms with E-state index >= 15 is 0 Å². The molecule has 0 aliphatic rings. The van der Waals surface area contributed by atoms with Crippen molar-refractivity contribution in [2.24, 2.45) is 0 Å². The molecular formula is C17H17N3O3. The lowest BCUT2D eigenvalue weighted by atomic mass is 10.2. The average Bonchev–Trinajstić information content (AvgIpc) is 2.83. The van der Waals surface area contributed by atoms with Gasteiger partial charge in [0.2, 0.25) is 0 Å². The zero-order chi connectivity index (χ0) is 16.4. The molecule has 0 radical (unpaired) electrons. The standard InChI is InChI=1S/C17H17N3O3/c1-3-23-15-9-7-13(8-10-15)19-16(21)18-20(17(19)22)14-6-4-5-12(2)11-14/h4-11H,3H2,1-2H3,(H,18,21). The molecule has 0 saturated carbocycles. The molecule has 0 atom stereocenters. The second-order valence-electron chi connectivity index (χ2n) is 5.14. The van der Waals surface area contributed by atoms with E-state index in [1.807, 2.05) is 32.0 Å². The van der Waals surface area contributed by atoms with Crippen LogP contribution in [0.3, 0.4) is 0 Å². The quantitative estimate of drug-likeness (QED) is 0.801. The molecule has 2 aromatic carbocycles. The number of aromatic amines is 1. The number of nitrogens with zero attached hydrogens (tertiary/aromatic N) is 2. The molecule has 1 heterocycles. The van der Waals surface area contributed by atoms with Crippen LogP contribution in [0.25, 0.3) is 11.4 Å². The molecule has 0 aliphatic heterocycles. The molecule has 0 amide bonds. The Morgan fingerprint density at radius 2 is 1.78 bits per heavy atom. The maximum Gasteiger partial charge on any atom is 0.356 e. The van der Waals surface area contributed by atoms with Gasteiger partial charge in [-0.05, 0) is 55.8 Å². The van der Waals surface area contributed by atoms with Gasteiger partial charge in [-0.15, -0.1) is 0 Å². The number of hydrogen-bond donors (Lipinski definition) is 1. The number of H-pyrrole nitrogens is 1. The number of rotatable bonds is 4. The van der Waals surface area contributed by atoms with Crippen molar-refractivity contribution in [3.8, 4) is 17.1 Å². The predicted octanol–water partition coefficient (Wildman–Crippen LogP) is 2.02. The molecule has 0 unspecified atom stereocenters. The zero-order valence-corrected chi connectivity index (χ0v) is 12.9. The fourth-order valence-electron chi connectivity index (χ4n) is 2.41. The first-order valence-corrected chi connectivity index (χ1v) is 7.34. The van der Waals surface area contributed by atoms with Gasteiger partial charge in [0, 0.05) is 0 Å². The molecule has 0 saturated heterocycles. The second-order valence-corrected chi connectivity index (χ2v) is 5.14. The SMILES string of the molecule is CCOc1ccc(-n2c(=O)[nH]n(-c3cccc(C)c3)c2=O)cc1. The molecule has 23 heavy (non-hydrogen) atoms. The largest absolute Gasteiger partial charge is 0.494 e. The van der Waals surface area contributed by atoms with Gasteiger partial charge in [-0.3, -0.25) is 0 Å². The Morgan fingerprint density at radius 3 is 2.43 bits per heavy atom. The van der Waals surface area contributed by atoms with Crippen molar-refractivity contribution in [3.63, 3.8) is 0 Å². The van der Waals surface area contributed by atoms with Gasteiger partial charge in [0.15, 0.2) is 0 Å². The van der Waals surface area contributed by atoms with Gasteiger partial charge in [0.25, 0.3) is 0 Å². The van der Waals surface area contributed by atoms with Gasteiger partial charge in [0.05, 0.1) is 18.0 Å². The Labute approximate surface area is 132 Å². The first kappa shape index (κ1) is 14.9. The van der Waals surface area contributed by atoms with Crippen molar-refractivity contribution in [1.29, 1.82) is 0 Å². The van der Waals surface area contributed by atoms with Gasteiger partial charge in [-0.25, -0.2) is 23.9 Å². The molecule has 118 valence electrons. The third kappa shape index (κ3) is 2.83. The van der Waals surface area contributed by atoms with Crippen LogP contribution in [0.15, 0.2) is 58.1 Å². The van der Waals surface area contributed by atoms with Crippen LogP contribution in [0.4, 0.5) is 0 Å². The minimum atomic E-state index is -0.485. The molecule has 6 nitrogen and oxygen atoms in total. The van der Waals surface area contributed by atoms with Crippen LogP contribution in [-0.4, -0.2) is 21.0 Å². The van der Waals surface area contributed by atoms with E-state index in [-0.39, 0.29) is 0 Å². The lowest BCUT2D eigenvalue weighted by Gasteiger charge is -2.04. The van der Waals surface area contributed by atoms with Crippen LogP contribution in [0.2, 0.25) is 0 Å².